The van der Waals surface area contributed by atoms with Crippen molar-refractivity contribution in [3.63, 3.8) is 0 Å². The number of hydrogen-bond donors (Lipinski definition) is 2. The minimum atomic E-state index is -0.121. The molecule has 0 aromatic heterocycles. The summed E-state index contributed by atoms with van der Waals surface area (Å²) in [4.78, 5) is 20.5. The number of hydrogen-bond acceptors (Lipinski definition) is 6. The van der Waals surface area contributed by atoms with Crippen LogP contribution in [0, 0.1) is 0 Å². The first kappa shape index (κ1) is 27.6. The molecule has 0 saturated carbocycles. The van der Waals surface area contributed by atoms with Gasteiger partial charge < -0.3 is 29.9 Å². The number of para-hydroxylation sites is 1. The Morgan fingerprint density at radius 3 is 2.24 bits per heavy atom. The van der Waals surface area contributed by atoms with E-state index in [1.165, 1.54) is 12.0 Å². The molecular weight excluding hydrogens is 514 g/mol. The minimum Gasteiger partial charge on any atom is -0.454 e. The number of piperidine rings is 1. The average molecular weight is 556 g/mol. The Labute approximate surface area is 243 Å². The Morgan fingerprint density at radius 1 is 0.756 bits per heavy atom. The van der Waals surface area contributed by atoms with E-state index in [1.807, 2.05) is 48.5 Å². The number of carbonyl (C=O) groups excluding carboxylic acids is 1. The lowest BCUT2D eigenvalue weighted by atomic mass is 10.0. The van der Waals surface area contributed by atoms with Gasteiger partial charge in [0, 0.05) is 57.4 Å². The van der Waals surface area contributed by atoms with Crippen LogP contribution in [0.3, 0.4) is 0 Å². The molecule has 0 aliphatic carbocycles. The molecule has 3 aliphatic heterocycles. The number of carbonyl (C=O) groups is 1. The van der Waals surface area contributed by atoms with Crippen LogP contribution >= 0.6 is 0 Å². The Balaban J connectivity index is 0.863. The second kappa shape index (κ2) is 13.4. The molecule has 0 bridgehead atoms. The summed E-state index contributed by atoms with van der Waals surface area (Å²) in [5, 5.41) is 6.29. The van der Waals surface area contributed by atoms with Gasteiger partial charge in [-0.3, -0.25) is 4.90 Å². The number of fused-ring (bicyclic) bond motifs is 1. The van der Waals surface area contributed by atoms with Gasteiger partial charge >= 0.3 is 6.03 Å². The van der Waals surface area contributed by atoms with E-state index in [4.69, 9.17) is 9.47 Å². The van der Waals surface area contributed by atoms with Gasteiger partial charge in [0.25, 0.3) is 0 Å². The lowest BCUT2D eigenvalue weighted by Crippen LogP contribution is -2.47. The van der Waals surface area contributed by atoms with Crippen molar-refractivity contribution in [1.29, 1.82) is 0 Å². The second-order valence-electron chi connectivity index (χ2n) is 11.3. The SMILES string of the molecule is O=C(Nc1ccccc1-c1ccccc1)NC1CCN(CCCN2CCN(Cc3ccc4c(c3)OCO4)CC2)CC1. The number of benzene rings is 3. The number of anilines is 1. The van der Waals surface area contributed by atoms with Crippen molar-refractivity contribution in [2.45, 2.75) is 31.8 Å². The van der Waals surface area contributed by atoms with Crippen LogP contribution < -0.4 is 20.1 Å². The third kappa shape index (κ3) is 7.38. The van der Waals surface area contributed by atoms with Gasteiger partial charge in [0.2, 0.25) is 6.79 Å². The Bertz CT molecular complexity index is 1290. The third-order valence-corrected chi connectivity index (χ3v) is 8.44. The number of rotatable bonds is 9. The first-order valence-corrected chi connectivity index (χ1v) is 15.0. The number of urea groups is 1. The lowest BCUT2D eigenvalue weighted by molar-refractivity contribution is 0.119. The fourth-order valence-corrected chi connectivity index (χ4v) is 6.09. The van der Waals surface area contributed by atoms with E-state index >= 15 is 0 Å². The van der Waals surface area contributed by atoms with Crippen LogP contribution in [-0.2, 0) is 6.54 Å². The molecule has 0 unspecified atom stereocenters. The van der Waals surface area contributed by atoms with Crippen LogP contribution in [0.2, 0.25) is 0 Å². The van der Waals surface area contributed by atoms with Crippen LogP contribution in [0.5, 0.6) is 11.5 Å². The highest BCUT2D eigenvalue weighted by Gasteiger charge is 2.22. The highest BCUT2D eigenvalue weighted by atomic mass is 16.7. The Hall–Kier alpha value is -3.59. The Kier molecular flexibility index (Phi) is 9.00. The van der Waals surface area contributed by atoms with Crippen molar-refractivity contribution >= 4 is 11.7 Å². The van der Waals surface area contributed by atoms with Gasteiger partial charge in [-0.15, -0.1) is 0 Å². The first-order chi connectivity index (χ1) is 20.2. The van der Waals surface area contributed by atoms with E-state index in [9.17, 15) is 4.79 Å². The van der Waals surface area contributed by atoms with Gasteiger partial charge in [0.05, 0.1) is 5.69 Å². The number of nitrogens with one attached hydrogen (secondary N) is 2. The normalized spacial score (nSPS) is 18.3. The standard InChI is InChI=1S/C33H41N5O3/c39-33(35-30-10-5-4-9-29(30)27-7-2-1-3-8-27)34-28-13-17-36(18-14-28)15-6-16-37-19-21-38(22-20-37)24-26-11-12-31-32(23-26)41-25-40-31/h1-5,7-12,23,28H,6,13-22,24-25H2,(H2,34,35,39). The maximum absolute atomic E-state index is 12.8. The number of amides is 2. The molecule has 2 amide bonds. The molecule has 2 fully saturated rings. The summed E-state index contributed by atoms with van der Waals surface area (Å²) in [6.07, 6.45) is 3.18. The molecule has 2 N–H and O–H groups in total. The number of piperazine rings is 1. The molecule has 3 aromatic rings. The van der Waals surface area contributed by atoms with Crippen LogP contribution in [-0.4, -0.2) is 85.9 Å². The average Bonchev–Trinajstić information content (AvgIpc) is 3.48. The summed E-state index contributed by atoms with van der Waals surface area (Å²) in [5.41, 5.74) is 4.25. The summed E-state index contributed by atoms with van der Waals surface area (Å²) in [6, 6.07) is 24.5. The molecule has 41 heavy (non-hydrogen) atoms. The van der Waals surface area contributed by atoms with E-state index in [-0.39, 0.29) is 12.1 Å². The van der Waals surface area contributed by atoms with Crippen molar-refractivity contribution in [2.75, 3.05) is 64.5 Å². The van der Waals surface area contributed by atoms with Gasteiger partial charge in [-0.1, -0.05) is 54.6 Å². The molecule has 3 heterocycles. The largest absolute Gasteiger partial charge is 0.454 e. The highest BCUT2D eigenvalue weighted by Crippen LogP contribution is 2.33. The molecular formula is C33H41N5O3. The number of nitrogens with zero attached hydrogens (tertiary/aromatic N) is 3. The summed E-state index contributed by atoms with van der Waals surface area (Å²) in [7, 11) is 0. The quantitative estimate of drug-likeness (QED) is 0.393. The van der Waals surface area contributed by atoms with Gasteiger partial charge in [-0.2, -0.15) is 0 Å². The van der Waals surface area contributed by atoms with E-state index in [0.29, 0.717) is 6.79 Å². The summed E-state index contributed by atoms with van der Waals surface area (Å²) >= 11 is 0. The Morgan fingerprint density at radius 2 is 1.44 bits per heavy atom. The fraction of sp³-hybridized carbons (Fsp3) is 0.424. The summed E-state index contributed by atoms with van der Waals surface area (Å²) < 4.78 is 11.0. The molecule has 8 heteroatoms. The molecule has 3 aliphatic rings. The van der Waals surface area contributed by atoms with Crippen LogP contribution in [0.25, 0.3) is 11.1 Å². The van der Waals surface area contributed by atoms with Gasteiger partial charge in [0.15, 0.2) is 11.5 Å². The van der Waals surface area contributed by atoms with Gasteiger partial charge in [0.1, 0.15) is 0 Å². The van der Waals surface area contributed by atoms with Crippen LogP contribution in [0.15, 0.2) is 72.8 Å². The van der Waals surface area contributed by atoms with Gasteiger partial charge in [-0.25, -0.2) is 4.79 Å². The third-order valence-electron chi connectivity index (χ3n) is 8.44. The monoisotopic (exact) mass is 555 g/mol. The summed E-state index contributed by atoms with van der Waals surface area (Å²) in [6.45, 7) is 10.1. The molecule has 216 valence electrons. The van der Waals surface area contributed by atoms with E-state index in [1.54, 1.807) is 0 Å². The molecule has 3 aromatic carbocycles. The van der Waals surface area contributed by atoms with E-state index < -0.39 is 0 Å². The molecule has 2 saturated heterocycles. The van der Waals surface area contributed by atoms with Crippen molar-refractivity contribution in [3.8, 4) is 22.6 Å². The maximum Gasteiger partial charge on any atom is 0.319 e. The fourth-order valence-electron chi connectivity index (χ4n) is 6.09. The molecule has 0 atom stereocenters. The molecule has 0 spiro atoms. The van der Waals surface area contributed by atoms with Crippen molar-refractivity contribution in [1.82, 2.24) is 20.0 Å². The van der Waals surface area contributed by atoms with E-state index in [2.05, 4.69) is 49.6 Å². The zero-order chi connectivity index (χ0) is 27.9. The zero-order valence-electron chi connectivity index (χ0n) is 23.8. The molecule has 8 nitrogen and oxygen atoms in total. The van der Waals surface area contributed by atoms with Crippen LogP contribution in [0.1, 0.15) is 24.8 Å². The van der Waals surface area contributed by atoms with Crippen molar-refractivity contribution in [3.05, 3.63) is 78.4 Å². The molecule has 0 radical (unpaired) electrons. The van der Waals surface area contributed by atoms with Crippen molar-refractivity contribution in [2.24, 2.45) is 0 Å². The summed E-state index contributed by atoms with van der Waals surface area (Å²) in [5.74, 6) is 1.72. The molecule has 6 rings (SSSR count). The number of ether oxygens (including phenoxy) is 2. The zero-order valence-corrected chi connectivity index (χ0v) is 23.8. The predicted molar refractivity (Wildman–Crippen MR) is 162 cm³/mol. The van der Waals surface area contributed by atoms with Gasteiger partial charge in [-0.05, 0) is 61.7 Å². The number of likely N-dealkylation sites (tertiary alicyclic amines) is 1. The second-order valence-corrected chi connectivity index (χ2v) is 11.3. The highest BCUT2D eigenvalue weighted by molar-refractivity contribution is 5.94. The van der Waals surface area contributed by atoms with Crippen molar-refractivity contribution < 1.29 is 14.3 Å². The van der Waals surface area contributed by atoms with E-state index in [0.717, 1.165) is 100 Å². The lowest BCUT2D eigenvalue weighted by Gasteiger charge is -2.36. The predicted octanol–water partition coefficient (Wildman–Crippen LogP) is 4.88. The smallest absolute Gasteiger partial charge is 0.319 e. The topological polar surface area (TPSA) is 69.3 Å². The maximum atomic E-state index is 12.8. The first-order valence-electron chi connectivity index (χ1n) is 15.0. The minimum absolute atomic E-state index is 0.121. The van der Waals surface area contributed by atoms with Crippen LogP contribution in [0.4, 0.5) is 10.5 Å².